The molecule has 0 radical (unpaired) electrons. The highest BCUT2D eigenvalue weighted by Crippen LogP contribution is 2.33. The van der Waals surface area contributed by atoms with Crippen molar-refractivity contribution in [1.82, 2.24) is 0 Å². The molecule has 1 aromatic heterocycles. The average molecular weight is 280 g/mol. The first-order valence-electron chi connectivity index (χ1n) is 6.37. The Morgan fingerprint density at radius 2 is 2.16 bits per heavy atom. The monoisotopic (exact) mass is 279 g/mol. The van der Waals surface area contributed by atoms with Gasteiger partial charge in [0.2, 0.25) is 0 Å². The molecule has 4 heteroatoms. The normalized spacial score (nSPS) is 14.3. The van der Waals surface area contributed by atoms with E-state index in [0.29, 0.717) is 11.6 Å². The minimum Gasteiger partial charge on any atom is -0.469 e. The summed E-state index contributed by atoms with van der Waals surface area (Å²) in [5.74, 6) is 0.606. The Hall–Kier alpha value is -1.29. The molecule has 1 aromatic carbocycles. The number of benzene rings is 1. The molecule has 102 valence electrons. The minimum atomic E-state index is -0.683. The Morgan fingerprint density at radius 3 is 2.79 bits per heavy atom. The van der Waals surface area contributed by atoms with E-state index >= 15 is 0 Å². The first-order valence-corrected chi connectivity index (χ1v) is 6.75. The van der Waals surface area contributed by atoms with Crippen LogP contribution in [0.1, 0.15) is 35.8 Å². The van der Waals surface area contributed by atoms with Crippen molar-refractivity contribution >= 4 is 11.6 Å². The number of rotatable bonds is 5. The number of aliphatic hydroxyl groups is 1. The second kappa shape index (κ2) is 6.24. The molecule has 0 saturated heterocycles. The molecule has 0 aliphatic rings. The number of aliphatic hydroxyl groups excluding tert-OH is 1. The summed E-state index contributed by atoms with van der Waals surface area (Å²) < 4.78 is 5.36. The summed E-state index contributed by atoms with van der Waals surface area (Å²) in [5.41, 5.74) is 7.56. The summed E-state index contributed by atoms with van der Waals surface area (Å²) in [6.45, 7) is 2.34. The lowest BCUT2D eigenvalue weighted by molar-refractivity contribution is 0.145. The van der Waals surface area contributed by atoms with Crippen molar-refractivity contribution in [3.05, 3.63) is 58.5 Å². The zero-order chi connectivity index (χ0) is 13.8. The zero-order valence-corrected chi connectivity index (χ0v) is 11.6. The molecule has 0 bridgehead atoms. The Labute approximate surface area is 118 Å². The lowest BCUT2D eigenvalue weighted by Crippen LogP contribution is -2.20. The van der Waals surface area contributed by atoms with Crippen molar-refractivity contribution in [3.8, 4) is 0 Å². The third kappa shape index (κ3) is 3.00. The first-order chi connectivity index (χ1) is 9.17. The van der Waals surface area contributed by atoms with Gasteiger partial charge < -0.3 is 15.3 Å². The Balaban J connectivity index is 2.32. The number of furan rings is 1. The second-order valence-electron chi connectivity index (χ2n) is 4.49. The highest BCUT2D eigenvalue weighted by atomic mass is 35.5. The third-order valence-electron chi connectivity index (χ3n) is 3.33. The molecular formula is C15H18ClNO2. The molecule has 1 heterocycles. The van der Waals surface area contributed by atoms with Crippen LogP contribution < -0.4 is 5.73 Å². The zero-order valence-electron chi connectivity index (χ0n) is 10.8. The predicted octanol–water partition coefficient (Wildman–Crippen LogP) is 3.27. The SMILES string of the molecule is CCc1occc1C(O)C(CN)c1cccc(Cl)c1. The third-order valence-corrected chi connectivity index (χ3v) is 3.57. The van der Waals surface area contributed by atoms with E-state index in [2.05, 4.69) is 0 Å². The van der Waals surface area contributed by atoms with Crippen LogP contribution >= 0.6 is 11.6 Å². The van der Waals surface area contributed by atoms with Crippen molar-refractivity contribution in [1.29, 1.82) is 0 Å². The molecule has 2 rings (SSSR count). The van der Waals surface area contributed by atoms with Crippen LogP contribution in [-0.4, -0.2) is 11.7 Å². The molecular weight excluding hydrogens is 262 g/mol. The topological polar surface area (TPSA) is 59.4 Å². The van der Waals surface area contributed by atoms with E-state index < -0.39 is 6.10 Å². The summed E-state index contributed by atoms with van der Waals surface area (Å²) in [6.07, 6.45) is 1.66. The van der Waals surface area contributed by atoms with Crippen molar-refractivity contribution in [3.63, 3.8) is 0 Å². The van der Waals surface area contributed by atoms with E-state index in [4.69, 9.17) is 21.8 Å². The van der Waals surface area contributed by atoms with Crippen LogP contribution in [0.25, 0.3) is 0 Å². The van der Waals surface area contributed by atoms with Crippen molar-refractivity contribution in [2.45, 2.75) is 25.4 Å². The number of hydrogen-bond acceptors (Lipinski definition) is 3. The van der Waals surface area contributed by atoms with E-state index in [1.165, 1.54) is 0 Å². The molecule has 3 nitrogen and oxygen atoms in total. The van der Waals surface area contributed by atoms with Gasteiger partial charge in [-0.25, -0.2) is 0 Å². The van der Waals surface area contributed by atoms with E-state index in [0.717, 1.165) is 23.3 Å². The molecule has 3 N–H and O–H groups in total. The summed E-state index contributed by atoms with van der Waals surface area (Å²) >= 11 is 5.99. The van der Waals surface area contributed by atoms with Crippen LogP contribution in [0.3, 0.4) is 0 Å². The molecule has 0 saturated carbocycles. The lowest BCUT2D eigenvalue weighted by atomic mass is 9.89. The van der Waals surface area contributed by atoms with Gasteiger partial charge in [-0.3, -0.25) is 0 Å². The Bertz CT molecular complexity index is 538. The molecule has 0 amide bonds. The predicted molar refractivity (Wildman–Crippen MR) is 76.3 cm³/mol. The maximum atomic E-state index is 10.5. The summed E-state index contributed by atoms with van der Waals surface area (Å²) in [7, 11) is 0. The quantitative estimate of drug-likeness (QED) is 0.883. The van der Waals surface area contributed by atoms with Gasteiger partial charge in [0.05, 0.1) is 12.4 Å². The number of nitrogens with two attached hydrogens (primary N) is 1. The maximum absolute atomic E-state index is 10.5. The summed E-state index contributed by atoms with van der Waals surface area (Å²) in [6, 6.07) is 9.24. The fourth-order valence-corrected chi connectivity index (χ4v) is 2.50. The van der Waals surface area contributed by atoms with Crippen LogP contribution in [-0.2, 0) is 6.42 Å². The number of hydrogen-bond donors (Lipinski definition) is 2. The summed E-state index contributed by atoms with van der Waals surface area (Å²) in [5, 5.41) is 11.2. The molecule has 19 heavy (non-hydrogen) atoms. The first kappa shape index (κ1) is 14.1. The molecule has 2 aromatic rings. The van der Waals surface area contributed by atoms with Gasteiger partial charge in [0.25, 0.3) is 0 Å². The largest absolute Gasteiger partial charge is 0.469 e. The van der Waals surface area contributed by atoms with E-state index in [1.807, 2.05) is 25.1 Å². The molecule has 2 atom stereocenters. The Morgan fingerprint density at radius 1 is 1.37 bits per heavy atom. The van der Waals surface area contributed by atoms with Gasteiger partial charge in [-0.05, 0) is 23.8 Å². The van der Waals surface area contributed by atoms with Crippen molar-refractivity contribution in [2.24, 2.45) is 5.73 Å². The lowest BCUT2D eigenvalue weighted by Gasteiger charge is -2.22. The molecule has 0 aliphatic carbocycles. The summed E-state index contributed by atoms with van der Waals surface area (Å²) in [4.78, 5) is 0. The average Bonchev–Trinajstić information content (AvgIpc) is 2.87. The smallest absolute Gasteiger partial charge is 0.109 e. The van der Waals surface area contributed by atoms with Gasteiger partial charge in [0.1, 0.15) is 5.76 Å². The van der Waals surface area contributed by atoms with Gasteiger partial charge in [-0.2, -0.15) is 0 Å². The van der Waals surface area contributed by atoms with Crippen LogP contribution in [0.4, 0.5) is 0 Å². The van der Waals surface area contributed by atoms with E-state index in [9.17, 15) is 5.11 Å². The van der Waals surface area contributed by atoms with E-state index in [1.54, 1.807) is 18.4 Å². The van der Waals surface area contributed by atoms with Crippen LogP contribution in [0.5, 0.6) is 0 Å². The van der Waals surface area contributed by atoms with Gasteiger partial charge in [-0.15, -0.1) is 0 Å². The van der Waals surface area contributed by atoms with E-state index in [-0.39, 0.29) is 5.92 Å². The van der Waals surface area contributed by atoms with Gasteiger partial charge in [-0.1, -0.05) is 30.7 Å². The van der Waals surface area contributed by atoms with Gasteiger partial charge in [0, 0.05) is 29.5 Å². The van der Waals surface area contributed by atoms with Crippen molar-refractivity contribution < 1.29 is 9.52 Å². The fraction of sp³-hybridized carbons (Fsp3) is 0.333. The molecule has 0 aliphatic heterocycles. The van der Waals surface area contributed by atoms with Crippen LogP contribution in [0, 0.1) is 0 Å². The van der Waals surface area contributed by atoms with Gasteiger partial charge >= 0.3 is 0 Å². The molecule has 0 fully saturated rings. The maximum Gasteiger partial charge on any atom is 0.109 e. The standard InChI is InChI=1S/C15H18ClNO2/c1-2-14-12(6-7-19-14)15(18)13(9-17)10-4-3-5-11(16)8-10/h3-8,13,15,18H,2,9,17H2,1H3. The van der Waals surface area contributed by atoms with Crippen LogP contribution in [0.2, 0.25) is 5.02 Å². The highest BCUT2D eigenvalue weighted by molar-refractivity contribution is 6.30. The molecule has 2 unspecified atom stereocenters. The van der Waals surface area contributed by atoms with Gasteiger partial charge in [0.15, 0.2) is 0 Å². The van der Waals surface area contributed by atoms with Crippen LogP contribution in [0.15, 0.2) is 41.0 Å². The fourth-order valence-electron chi connectivity index (χ4n) is 2.30. The highest BCUT2D eigenvalue weighted by Gasteiger charge is 2.24. The molecule has 0 spiro atoms. The number of aryl methyl sites for hydroxylation is 1. The Kier molecular flexibility index (Phi) is 4.64. The number of halogens is 1. The minimum absolute atomic E-state index is 0.193. The van der Waals surface area contributed by atoms with Crippen molar-refractivity contribution in [2.75, 3.05) is 6.54 Å². The second-order valence-corrected chi connectivity index (χ2v) is 4.93.